The van der Waals surface area contributed by atoms with E-state index in [1.165, 1.54) is 0 Å². The highest BCUT2D eigenvalue weighted by atomic mass is 16.5. The first kappa shape index (κ1) is 10.6. The number of ether oxygens (including phenoxy) is 1. The average molecular weight is 195 g/mol. The van der Waals surface area contributed by atoms with E-state index >= 15 is 0 Å². The summed E-state index contributed by atoms with van der Waals surface area (Å²) in [4.78, 5) is 15.0. The second-order valence-corrected chi connectivity index (χ2v) is 2.82. The van der Waals surface area contributed by atoms with Crippen LogP contribution in [0, 0.1) is 6.92 Å². The normalized spacial score (nSPS) is 9.86. The lowest BCUT2D eigenvalue weighted by atomic mass is 10.3. The summed E-state index contributed by atoms with van der Waals surface area (Å²) < 4.78 is 4.77. The molecule has 1 heterocycles. The number of carbonyl (C=O) groups is 1. The van der Waals surface area contributed by atoms with E-state index in [-0.39, 0.29) is 5.97 Å². The van der Waals surface area contributed by atoms with Crippen LogP contribution in [0.5, 0.6) is 0 Å². The summed E-state index contributed by atoms with van der Waals surface area (Å²) in [6.07, 6.45) is 2.41. The van der Waals surface area contributed by atoms with E-state index < -0.39 is 0 Å². The summed E-state index contributed by atoms with van der Waals surface area (Å²) in [5.41, 5.74) is 0.768. The Labute approximate surface area is 82.5 Å². The number of rotatable bonds is 4. The molecule has 0 saturated heterocycles. The molecule has 5 heteroatoms. The van der Waals surface area contributed by atoms with Crippen molar-refractivity contribution in [3.8, 4) is 0 Å². The molecule has 0 atom stereocenters. The highest BCUT2D eigenvalue weighted by Crippen LogP contribution is 1.96. The van der Waals surface area contributed by atoms with Crippen molar-refractivity contribution in [2.45, 2.75) is 26.7 Å². The second kappa shape index (κ2) is 5.26. The predicted molar refractivity (Wildman–Crippen MR) is 49.5 cm³/mol. The molecule has 1 aromatic heterocycles. The standard InChI is InChI=1S/C9H13N3O2/c1-3-14-9(13)5-4-8-10-6-7(2)11-12-8/h6H,3-5H2,1-2H3. The number of hydrogen-bond acceptors (Lipinski definition) is 5. The molecule has 0 aliphatic carbocycles. The Kier molecular flexibility index (Phi) is 3.97. The molecule has 1 aromatic rings. The molecule has 14 heavy (non-hydrogen) atoms. The average Bonchev–Trinajstić information content (AvgIpc) is 2.17. The highest BCUT2D eigenvalue weighted by Gasteiger charge is 2.04. The molecule has 0 spiro atoms. The van der Waals surface area contributed by atoms with E-state index in [0.29, 0.717) is 25.3 Å². The van der Waals surface area contributed by atoms with E-state index in [0.717, 1.165) is 5.69 Å². The third-order valence-electron chi connectivity index (χ3n) is 1.58. The Hall–Kier alpha value is -1.52. The van der Waals surface area contributed by atoms with Crippen LogP contribution in [0.25, 0.3) is 0 Å². The molecule has 0 unspecified atom stereocenters. The quantitative estimate of drug-likeness (QED) is 0.661. The minimum atomic E-state index is -0.225. The van der Waals surface area contributed by atoms with Gasteiger partial charge in [-0.15, -0.1) is 5.10 Å². The van der Waals surface area contributed by atoms with Crippen LogP contribution in [0.3, 0.4) is 0 Å². The molecule has 0 saturated carbocycles. The van der Waals surface area contributed by atoms with Gasteiger partial charge in [0.15, 0.2) is 5.82 Å². The first-order valence-electron chi connectivity index (χ1n) is 4.53. The van der Waals surface area contributed by atoms with Crippen LogP contribution in [0.15, 0.2) is 6.20 Å². The summed E-state index contributed by atoms with van der Waals surface area (Å²) >= 11 is 0. The van der Waals surface area contributed by atoms with Crippen LogP contribution in [0.1, 0.15) is 24.9 Å². The largest absolute Gasteiger partial charge is 0.466 e. The van der Waals surface area contributed by atoms with Crippen molar-refractivity contribution in [1.29, 1.82) is 0 Å². The Morgan fingerprint density at radius 1 is 1.50 bits per heavy atom. The van der Waals surface area contributed by atoms with Crippen molar-refractivity contribution < 1.29 is 9.53 Å². The third kappa shape index (κ3) is 3.47. The summed E-state index contributed by atoms with van der Waals surface area (Å²) in [6, 6.07) is 0. The summed E-state index contributed by atoms with van der Waals surface area (Å²) in [5.74, 6) is 0.348. The molecule has 76 valence electrons. The number of nitrogens with zero attached hydrogens (tertiary/aromatic N) is 3. The van der Waals surface area contributed by atoms with Crippen LogP contribution in [-0.2, 0) is 16.0 Å². The van der Waals surface area contributed by atoms with E-state index in [4.69, 9.17) is 4.74 Å². The molecule has 0 aliphatic heterocycles. The fourth-order valence-electron chi connectivity index (χ4n) is 0.918. The van der Waals surface area contributed by atoms with E-state index in [2.05, 4.69) is 15.2 Å². The Balaban J connectivity index is 2.38. The summed E-state index contributed by atoms with van der Waals surface area (Å²) in [6.45, 7) is 4.00. The molecule has 5 nitrogen and oxygen atoms in total. The van der Waals surface area contributed by atoms with Crippen LogP contribution in [-0.4, -0.2) is 27.8 Å². The van der Waals surface area contributed by atoms with Crippen molar-refractivity contribution in [3.05, 3.63) is 17.7 Å². The van der Waals surface area contributed by atoms with Gasteiger partial charge < -0.3 is 4.74 Å². The van der Waals surface area contributed by atoms with Crippen molar-refractivity contribution in [3.63, 3.8) is 0 Å². The van der Waals surface area contributed by atoms with Gasteiger partial charge in [-0.3, -0.25) is 4.79 Å². The number of hydrogen-bond donors (Lipinski definition) is 0. The van der Waals surface area contributed by atoms with Crippen LogP contribution < -0.4 is 0 Å². The molecule has 0 aliphatic rings. The van der Waals surface area contributed by atoms with Crippen LogP contribution >= 0.6 is 0 Å². The van der Waals surface area contributed by atoms with Crippen molar-refractivity contribution in [2.24, 2.45) is 0 Å². The van der Waals surface area contributed by atoms with Gasteiger partial charge in [-0.05, 0) is 13.8 Å². The van der Waals surface area contributed by atoms with Crippen LogP contribution in [0.4, 0.5) is 0 Å². The van der Waals surface area contributed by atoms with Gasteiger partial charge in [0.1, 0.15) is 0 Å². The smallest absolute Gasteiger partial charge is 0.306 e. The fourth-order valence-corrected chi connectivity index (χ4v) is 0.918. The fraction of sp³-hybridized carbons (Fsp3) is 0.556. The van der Waals surface area contributed by atoms with Crippen molar-refractivity contribution >= 4 is 5.97 Å². The van der Waals surface area contributed by atoms with Gasteiger partial charge in [0.05, 0.1) is 24.9 Å². The molecule has 0 radical (unpaired) electrons. The van der Waals surface area contributed by atoms with Gasteiger partial charge in [-0.25, -0.2) is 4.98 Å². The number of esters is 1. The highest BCUT2D eigenvalue weighted by molar-refractivity contribution is 5.69. The molecule has 0 amide bonds. The zero-order valence-corrected chi connectivity index (χ0v) is 8.36. The number of aromatic nitrogens is 3. The molecule has 1 rings (SSSR count). The monoisotopic (exact) mass is 195 g/mol. The first-order valence-corrected chi connectivity index (χ1v) is 4.53. The Morgan fingerprint density at radius 2 is 2.29 bits per heavy atom. The van der Waals surface area contributed by atoms with Gasteiger partial charge in [-0.2, -0.15) is 5.10 Å². The van der Waals surface area contributed by atoms with Crippen molar-refractivity contribution in [1.82, 2.24) is 15.2 Å². The van der Waals surface area contributed by atoms with Gasteiger partial charge in [0, 0.05) is 6.42 Å². The topological polar surface area (TPSA) is 65.0 Å². The number of carbonyl (C=O) groups excluding carboxylic acids is 1. The maximum atomic E-state index is 11.0. The Morgan fingerprint density at radius 3 is 2.86 bits per heavy atom. The second-order valence-electron chi connectivity index (χ2n) is 2.82. The lowest BCUT2D eigenvalue weighted by molar-refractivity contribution is -0.143. The van der Waals surface area contributed by atoms with Gasteiger partial charge >= 0.3 is 5.97 Å². The molecule has 0 fully saturated rings. The molecular formula is C9H13N3O2. The third-order valence-corrected chi connectivity index (χ3v) is 1.58. The maximum Gasteiger partial charge on any atom is 0.306 e. The molecular weight excluding hydrogens is 182 g/mol. The number of aryl methyl sites for hydroxylation is 2. The lowest BCUT2D eigenvalue weighted by Crippen LogP contribution is -2.07. The zero-order chi connectivity index (χ0) is 10.4. The van der Waals surface area contributed by atoms with Crippen molar-refractivity contribution in [2.75, 3.05) is 6.61 Å². The van der Waals surface area contributed by atoms with Gasteiger partial charge in [0.2, 0.25) is 0 Å². The zero-order valence-electron chi connectivity index (χ0n) is 8.36. The molecule has 0 N–H and O–H groups in total. The summed E-state index contributed by atoms with van der Waals surface area (Å²) in [7, 11) is 0. The Bertz CT molecular complexity index is 297. The van der Waals surface area contributed by atoms with Gasteiger partial charge in [0.25, 0.3) is 0 Å². The SMILES string of the molecule is CCOC(=O)CCc1ncc(C)nn1. The summed E-state index contributed by atoms with van der Waals surface area (Å²) in [5, 5.41) is 7.68. The lowest BCUT2D eigenvalue weighted by Gasteiger charge is -2.00. The maximum absolute atomic E-state index is 11.0. The van der Waals surface area contributed by atoms with Crippen LogP contribution in [0.2, 0.25) is 0 Å². The minimum Gasteiger partial charge on any atom is -0.466 e. The van der Waals surface area contributed by atoms with E-state index in [1.54, 1.807) is 13.1 Å². The molecule has 0 aromatic carbocycles. The van der Waals surface area contributed by atoms with E-state index in [9.17, 15) is 4.79 Å². The predicted octanol–water partition coefficient (Wildman–Crippen LogP) is 0.676. The van der Waals surface area contributed by atoms with E-state index in [1.807, 2.05) is 6.92 Å². The van der Waals surface area contributed by atoms with Gasteiger partial charge in [-0.1, -0.05) is 0 Å². The first-order chi connectivity index (χ1) is 6.72. The minimum absolute atomic E-state index is 0.225. The molecule has 0 bridgehead atoms.